The summed E-state index contributed by atoms with van der Waals surface area (Å²) in [5.41, 5.74) is 0.225. The number of hydrogen-bond acceptors (Lipinski definition) is 8. The van der Waals surface area contributed by atoms with E-state index in [0.717, 1.165) is 0 Å². The maximum absolute atomic E-state index is 12.7. The van der Waals surface area contributed by atoms with Crippen LogP contribution in [0, 0.1) is 5.92 Å². The molecule has 0 fully saturated rings. The zero-order valence-electron chi connectivity index (χ0n) is 17.0. The Labute approximate surface area is 173 Å². The number of nitrogens with one attached hydrogen (secondary N) is 1. The van der Waals surface area contributed by atoms with Crippen LogP contribution in [0.2, 0.25) is 0 Å². The van der Waals surface area contributed by atoms with E-state index in [-0.39, 0.29) is 31.1 Å². The molecular weight excluding hydrogens is 392 g/mol. The smallest absolute Gasteiger partial charge is 0.340 e. The molecule has 9 nitrogen and oxygen atoms in total. The Morgan fingerprint density at radius 2 is 1.67 bits per heavy atom. The Hall–Kier alpha value is -3.62. The fourth-order valence-electron chi connectivity index (χ4n) is 2.68. The molecule has 0 radical (unpaired) electrons. The van der Waals surface area contributed by atoms with Crippen molar-refractivity contribution in [1.29, 1.82) is 0 Å². The highest BCUT2D eigenvalue weighted by Crippen LogP contribution is 2.15. The number of carbonyl (C=O) groups is 3. The highest BCUT2D eigenvalue weighted by Gasteiger charge is 2.26. The fraction of sp³-hybridized carbons (Fsp3) is 0.333. The van der Waals surface area contributed by atoms with Crippen LogP contribution in [0.4, 0.5) is 5.69 Å². The van der Waals surface area contributed by atoms with Crippen LogP contribution in [0.25, 0.3) is 5.52 Å². The van der Waals surface area contributed by atoms with Crippen molar-refractivity contribution in [3.63, 3.8) is 0 Å². The van der Waals surface area contributed by atoms with Gasteiger partial charge in [0.25, 0.3) is 5.56 Å². The highest BCUT2D eigenvalue weighted by molar-refractivity contribution is 5.98. The van der Waals surface area contributed by atoms with Gasteiger partial charge in [-0.1, -0.05) is 6.07 Å². The molecule has 1 N–H and O–H groups in total. The summed E-state index contributed by atoms with van der Waals surface area (Å²) < 4.78 is 16.1. The third kappa shape index (κ3) is 5.25. The second-order valence-electron chi connectivity index (χ2n) is 5.94. The third-order valence-electron chi connectivity index (χ3n) is 3.98. The van der Waals surface area contributed by atoms with E-state index in [1.807, 2.05) is 0 Å². The largest absolute Gasteiger partial charge is 0.465 e. The molecule has 2 aromatic rings. The van der Waals surface area contributed by atoms with Gasteiger partial charge >= 0.3 is 17.9 Å². The van der Waals surface area contributed by atoms with Crippen molar-refractivity contribution in [3.8, 4) is 0 Å². The average Bonchev–Trinajstić information content (AvgIpc) is 2.73. The Kier molecular flexibility index (Phi) is 8.16. The SMILES string of the molecule is CCOC(=O)c1cc(N/C=C/C(C(=O)OCC)C(=O)OCC)c(=O)n2ccccc12. The van der Waals surface area contributed by atoms with Crippen LogP contribution in [0.3, 0.4) is 0 Å². The van der Waals surface area contributed by atoms with Crippen molar-refractivity contribution >= 4 is 29.1 Å². The van der Waals surface area contributed by atoms with E-state index in [0.29, 0.717) is 5.52 Å². The molecule has 0 aliphatic carbocycles. The predicted octanol–water partition coefficient (Wildman–Crippen LogP) is 2.14. The number of esters is 3. The van der Waals surface area contributed by atoms with Gasteiger partial charge < -0.3 is 19.5 Å². The summed E-state index contributed by atoms with van der Waals surface area (Å²) in [6.07, 6.45) is 4.02. The van der Waals surface area contributed by atoms with Crippen molar-refractivity contribution < 1.29 is 28.6 Å². The number of anilines is 1. The number of carbonyl (C=O) groups excluding carboxylic acids is 3. The Morgan fingerprint density at radius 1 is 1.03 bits per heavy atom. The Morgan fingerprint density at radius 3 is 2.27 bits per heavy atom. The number of hydrogen-bond donors (Lipinski definition) is 1. The van der Waals surface area contributed by atoms with Gasteiger partial charge in [-0.15, -0.1) is 0 Å². The first kappa shape index (κ1) is 22.7. The van der Waals surface area contributed by atoms with E-state index in [1.54, 1.807) is 39.0 Å². The quantitative estimate of drug-likeness (QED) is 0.376. The minimum absolute atomic E-state index is 0.0597. The van der Waals surface area contributed by atoms with Crippen LogP contribution in [-0.4, -0.2) is 42.1 Å². The maximum atomic E-state index is 12.7. The molecule has 0 aliphatic rings. The molecule has 0 aliphatic heterocycles. The predicted molar refractivity (Wildman–Crippen MR) is 109 cm³/mol. The Bertz CT molecular complexity index is 992. The van der Waals surface area contributed by atoms with E-state index >= 15 is 0 Å². The molecule has 0 aromatic carbocycles. The number of nitrogens with zero attached hydrogens (tertiary/aromatic N) is 1. The zero-order valence-corrected chi connectivity index (χ0v) is 17.0. The number of rotatable bonds is 9. The monoisotopic (exact) mass is 416 g/mol. The van der Waals surface area contributed by atoms with Crippen LogP contribution in [0.5, 0.6) is 0 Å². The first-order chi connectivity index (χ1) is 14.4. The van der Waals surface area contributed by atoms with Crippen LogP contribution in [0.1, 0.15) is 31.1 Å². The van der Waals surface area contributed by atoms with Gasteiger partial charge in [0.2, 0.25) is 0 Å². The van der Waals surface area contributed by atoms with E-state index in [2.05, 4.69) is 5.32 Å². The standard InChI is InChI=1S/C21H24N2O7/c1-4-28-19(25)14(20(26)29-5-2)10-11-22-16-13-15(21(27)30-6-3)17-9-7-8-12-23(17)18(16)24/h7-14,22H,4-6H2,1-3H3/b11-10+. The van der Waals surface area contributed by atoms with E-state index in [4.69, 9.17) is 14.2 Å². The third-order valence-corrected chi connectivity index (χ3v) is 3.98. The molecule has 0 atom stereocenters. The van der Waals surface area contributed by atoms with Gasteiger partial charge in [-0.05, 0) is 51.2 Å². The van der Waals surface area contributed by atoms with E-state index in [9.17, 15) is 19.2 Å². The van der Waals surface area contributed by atoms with Gasteiger partial charge in [0.1, 0.15) is 5.69 Å². The molecule has 9 heteroatoms. The second-order valence-corrected chi connectivity index (χ2v) is 5.94. The number of pyridine rings is 2. The summed E-state index contributed by atoms with van der Waals surface area (Å²) in [7, 11) is 0. The summed E-state index contributed by atoms with van der Waals surface area (Å²) in [5, 5.41) is 2.73. The molecule has 2 rings (SSSR count). The van der Waals surface area contributed by atoms with Crippen LogP contribution in [0.15, 0.2) is 47.5 Å². The van der Waals surface area contributed by atoms with Gasteiger partial charge in [-0.2, -0.15) is 0 Å². The van der Waals surface area contributed by atoms with Gasteiger partial charge in [-0.25, -0.2) is 4.79 Å². The maximum Gasteiger partial charge on any atom is 0.340 e. The van der Waals surface area contributed by atoms with E-state index < -0.39 is 29.4 Å². The molecule has 0 bridgehead atoms. The summed E-state index contributed by atoms with van der Waals surface area (Å²) in [6, 6.07) is 6.35. The molecule has 2 aromatic heterocycles. The lowest BCUT2D eigenvalue weighted by atomic mass is 10.1. The molecule has 2 heterocycles. The summed E-state index contributed by atoms with van der Waals surface area (Å²) >= 11 is 0. The van der Waals surface area contributed by atoms with Crippen molar-refractivity contribution in [2.45, 2.75) is 20.8 Å². The average molecular weight is 416 g/mol. The van der Waals surface area contributed by atoms with E-state index in [1.165, 1.54) is 28.9 Å². The van der Waals surface area contributed by atoms with Gasteiger partial charge in [0.05, 0.1) is 30.9 Å². The van der Waals surface area contributed by atoms with Gasteiger partial charge in [0, 0.05) is 6.20 Å². The van der Waals surface area contributed by atoms with Crippen LogP contribution < -0.4 is 10.9 Å². The van der Waals surface area contributed by atoms with Crippen molar-refractivity contribution in [1.82, 2.24) is 4.40 Å². The molecule has 160 valence electrons. The molecular formula is C21H24N2O7. The fourth-order valence-corrected chi connectivity index (χ4v) is 2.68. The van der Waals surface area contributed by atoms with Gasteiger partial charge in [-0.3, -0.25) is 18.8 Å². The van der Waals surface area contributed by atoms with Crippen LogP contribution >= 0.6 is 0 Å². The topological polar surface area (TPSA) is 112 Å². The molecule has 0 saturated carbocycles. The van der Waals surface area contributed by atoms with Crippen molar-refractivity contribution in [2.75, 3.05) is 25.1 Å². The number of ether oxygens (including phenoxy) is 3. The minimum atomic E-state index is -1.29. The van der Waals surface area contributed by atoms with Crippen LogP contribution in [-0.2, 0) is 23.8 Å². The van der Waals surface area contributed by atoms with Gasteiger partial charge in [0.15, 0.2) is 5.92 Å². The number of fused-ring (bicyclic) bond motifs is 1. The van der Waals surface area contributed by atoms with Crippen molar-refractivity contribution in [2.24, 2.45) is 5.92 Å². The first-order valence-corrected chi connectivity index (χ1v) is 9.52. The lowest BCUT2D eigenvalue weighted by Crippen LogP contribution is -2.27. The normalized spacial score (nSPS) is 10.9. The van der Waals surface area contributed by atoms with Crippen molar-refractivity contribution in [3.05, 3.63) is 58.7 Å². The first-order valence-electron chi connectivity index (χ1n) is 9.52. The summed E-state index contributed by atoms with van der Waals surface area (Å²) in [5.74, 6) is -3.40. The molecule has 30 heavy (non-hydrogen) atoms. The molecule has 0 amide bonds. The second kappa shape index (κ2) is 10.8. The number of aromatic nitrogens is 1. The Balaban J connectivity index is 2.39. The minimum Gasteiger partial charge on any atom is -0.465 e. The molecule has 0 saturated heterocycles. The highest BCUT2D eigenvalue weighted by atomic mass is 16.6. The lowest BCUT2D eigenvalue weighted by molar-refractivity contribution is -0.158. The molecule has 0 spiro atoms. The zero-order chi connectivity index (χ0) is 22.1. The summed E-state index contributed by atoms with van der Waals surface area (Å²) in [6.45, 7) is 5.31. The summed E-state index contributed by atoms with van der Waals surface area (Å²) in [4.78, 5) is 49.1. The molecule has 0 unspecified atom stereocenters. The lowest BCUT2D eigenvalue weighted by Gasteiger charge is -2.12.